The quantitative estimate of drug-likeness (QED) is 0.144. The van der Waals surface area contributed by atoms with Crippen molar-refractivity contribution in [1.82, 2.24) is 14.8 Å². The van der Waals surface area contributed by atoms with Gasteiger partial charge in [-0.3, -0.25) is 9.78 Å². The fourth-order valence-electron chi connectivity index (χ4n) is 4.20. The summed E-state index contributed by atoms with van der Waals surface area (Å²) in [7, 11) is -1.16. The van der Waals surface area contributed by atoms with Crippen molar-refractivity contribution in [3.05, 3.63) is 103 Å². The minimum absolute atomic E-state index is 0.144. The number of hydrogen-bond donors (Lipinski definition) is 2. The summed E-state index contributed by atoms with van der Waals surface area (Å²) < 4.78 is 7.94. The van der Waals surface area contributed by atoms with E-state index in [2.05, 4.69) is 47.4 Å². The first kappa shape index (κ1) is 26.3. The van der Waals surface area contributed by atoms with E-state index in [-0.39, 0.29) is 5.91 Å². The van der Waals surface area contributed by atoms with Crippen LogP contribution in [0.1, 0.15) is 10.4 Å². The molecule has 198 valence electrons. The van der Waals surface area contributed by atoms with E-state index in [0.29, 0.717) is 12.3 Å². The Balaban J connectivity index is 1.35. The second kappa shape index (κ2) is 11.6. The molecule has 0 aliphatic carbocycles. The highest BCUT2D eigenvalue weighted by atomic mass is 28.3. The smallest absolute Gasteiger partial charge is 0.255 e. The van der Waals surface area contributed by atoms with Gasteiger partial charge in [0.2, 0.25) is 0 Å². The predicted molar refractivity (Wildman–Crippen MR) is 161 cm³/mol. The van der Waals surface area contributed by atoms with Crippen LogP contribution < -0.4 is 10.6 Å². The van der Waals surface area contributed by atoms with E-state index in [0.717, 1.165) is 51.9 Å². The predicted octanol–water partition coefficient (Wildman–Crippen LogP) is 7.41. The number of para-hydroxylation sites is 1. The van der Waals surface area contributed by atoms with Crippen LogP contribution in [-0.4, -0.2) is 35.4 Å². The van der Waals surface area contributed by atoms with Gasteiger partial charge < -0.3 is 15.4 Å². The van der Waals surface area contributed by atoms with E-state index in [4.69, 9.17) is 9.84 Å². The minimum atomic E-state index is -1.16. The molecule has 0 aliphatic rings. The third-order valence-corrected chi connectivity index (χ3v) is 8.07. The molecule has 2 heterocycles. The SMILES string of the molecule is C[Si](C)(C)CCOCn1nc(-c2cccnc2)c2cc(Nc3ccc(C(=O)Nc4ccccc4)cc3)ccc21. The fraction of sp³-hybridized carbons (Fsp3) is 0.194. The van der Waals surface area contributed by atoms with Crippen molar-refractivity contribution in [3.63, 3.8) is 0 Å². The average molecular weight is 536 g/mol. The van der Waals surface area contributed by atoms with Crippen molar-refractivity contribution in [2.24, 2.45) is 0 Å². The van der Waals surface area contributed by atoms with Crippen molar-refractivity contribution >= 4 is 41.9 Å². The molecule has 7 nitrogen and oxygen atoms in total. The number of rotatable bonds is 10. The monoisotopic (exact) mass is 535 g/mol. The zero-order valence-electron chi connectivity index (χ0n) is 22.5. The molecular formula is C31H33N5O2Si. The summed E-state index contributed by atoms with van der Waals surface area (Å²) in [4.78, 5) is 16.9. The van der Waals surface area contributed by atoms with Crippen LogP contribution in [-0.2, 0) is 11.5 Å². The molecule has 0 spiro atoms. The number of anilines is 3. The van der Waals surface area contributed by atoms with Gasteiger partial charge >= 0.3 is 0 Å². The molecule has 8 heteroatoms. The van der Waals surface area contributed by atoms with E-state index in [1.807, 2.05) is 83.7 Å². The summed E-state index contributed by atoms with van der Waals surface area (Å²) >= 11 is 0. The highest BCUT2D eigenvalue weighted by molar-refractivity contribution is 6.76. The number of carbonyl (C=O) groups excluding carboxylic acids is 1. The third-order valence-electron chi connectivity index (χ3n) is 6.36. The van der Waals surface area contributed by atoms with Gasteiger partial charge in [-0.1, -0.05) is 37.8 Å². The van der Waals surface area contributed by atoms with Crippen molar-refractivity contribution in [2.75, 3.05) is 17.2 Å². The summed E-state index contributed by atoms with van der Waals surface area (Å²) in [5.41, 5.74) is 5.99. The Labute approximate surface area is 229 Å². The summed E-state index contributed by atoms with van der Waals surface area (Å²) in [6.45, 7) is 8.18. The van der Waals surface area contributed by atoms with Gasteiger partial charge in [-0.15, -0.1) is 0 Å². The maximum atomic E-state index is 12.6. The van der Waals surface area contributed by atoms with Crippen molar-refractivity contribution in [3.8, 4) is 11.3 Å². The number of ether oxygens (including phenoxy) is 1. The van der Waals surface area contributed by atoms with E-state index in [9.17, 15) is 4.79 Å². The van der Waals surface area contributed by atoms with E-state index < -0.39 is 8.07 Å². The molecule has 0 radical (unpaired) electrons. The van der Waals surface area contributed by atoms with Crippen LogP contribution in [0.25, 0.3) is 22.2 Å². The number of benzene rings is 3. The topological polar surface area (TPSA) is 81.1 Å². The maximum absolute atomic E-state index is 12.6. The number of pyridine rings is 1. The minimum Gasteiger partial charge on any atom is -0.360 e. The first-order valence-corrected chi connectivity index (χ1v) is 16.8. The lowest BCUT2D eigenvalue weighted by atomic mass is 10.1. The van der Waals surface area contributed by atoms with Gasteiger partial charge in [-0.2, -0.15) is 5.10 Å². The molecular weight excluding hydrogens is 502 g/mol. The van der Waals surface area contributed by atoms with Crippen LogP contribution >= 0.6 is 0 Å². The number of aromatic nitrogens is 3. The van der Waals surface area contributed by atoms with Gasteiger partial charge in [-0.25, -0.2) is 4.68 Å². The van der Waals surface area contributed by atoms with Crippen molar-refractivity contribution in [1.29, 1.82) is 0 Å². The Morgan fingerprint density at radius 2 is 1.67 bits per heavy atom. The lowest BCUT2D eigenvalue weighted by Crippen LogP contribution is -2.22. The molecule has 3 aromatic carbocycles. The Morgan fingerprint density at radius 3 is 2.38 bits per heavy atom. The Hall–Kier alpha value is -4.27. The molecule has 0 saturated heterocycles. The summed E-state index contributed by atoms with van der Waals surface area (Å²) in [5, 5.41) is 12.3. The van der Waals surface area contributed by atoms with Gasteiger partial charge in [0.05, 0.1) is 5.52 Å². The highest BCUT2D eigenvalue weighted by Crippen LogP contribution is 2.31. The Bertz CT molecular complexity index is 1550. The normalized spacial score (nSPS) is 11.5. The van der Waals surface area contributed by atoms with Crippen LogP contribution in [0.15, 0.2) is 97.3 Å². The molecule has 0 aliphatic heterocycles. The molecule has 0 unspecified atom stereocenters. The second-order valence-electron chi connectivity index (χ2n) is 10.7. The maximum Gasteiger partial charge on any atom is 0.255 e. The zero-order valence-corrected chi connectivity index (χ0v) is 23.5. The molecule has 39 heavy (non-hydrogen) atoms. The standard InChI is InChI=1S/C31H33N5O2Si/c1-39(2,3)19-18-38-22-36-29-16-15-27(20-28(29)30(35-36)24-8-7-17-32-21-24)33-26-13-11-23(12-14-26)31(37)34-25-9-5-4-6-10-25/h4-17,20-21,33H,18-19,22H2,1-3H3,(H,34,37). The molecule has 5 aromatic rings. The number of carbonyl (C=O) groups is 1. The molecule has 5 rings (SSSR count). The lowest BCUT2D eigenvalue weighted by molar-refractivity contribution is 0.0818. The van der Waals surface area contributed by atoms with Gasteiger partial charge in [-0.05, 0) is 72.8 Å². The third kappa shape index (κ3) is 6.79. The van der Waals surface area contributed by atoms with E-state index >= 15 is 0 Å². The van der Waals surface area contributed by atoms with Crippen LogP contribution in [0.3, 0.4) is 0 Å². The first-order valence-electron chi connectivity index (χ1n) is 13.1. The van der Waals surface area contributed by atoms with Gasteiger partial charge in [0.1, 0.15) is 12.4 Å². The first-order chi connectivity index (χ1) is 18.9. The van der Waals surface area contributed by atoms with Crippen LogP contribution in [0.4, 0.5) is 17.1 Å². The Kier molecular flexibility index (Phi) is 7.86. The van der Waals surface area contributed by atoms with E-state index in [1.165, 1.54) is 0 Å². The van der Waals surface area contributed by atoms with E-state index in [1.54, 1.807) is 6.20 Å². The second-order valence-corrected chi connectivity index (χ2v) is 16.3. The number of nitrogens with zero attached hydrogens (tertiary/aromatic N) is 3. The molecule has 2 aromatic heterocycles. The van der Waals surface area contributed by atoms with Crippen molar-refractivity contribution in [2.45, 2.75) is 32.4 Å². The summed E-state index contributed by atoms with van der Waals surface area (Å²) in [6.07, 6.45) is 3.59. The zero-order chi connectivity index (χ0) is 27.2. The average Bonchev–Trinajstić information content (AvgIpc) is 3.30. The van der Waals surface area contributed by atoms with Crippen LogP contribution in [0.5, 0.6) is 0 Å². The van der Waals surface area contributed by atoms with Gasteiger partial charge in [0.25, 0.3) is 5.91 Å². The number of hydrogen-bond acceptors (Lipinski definition) is 5. The molecule has 2 N–H and O–H groups in total. The lowest BCUT2D eigenvalue weighted by Gasteiger charge is -2.15. The Morgan fingerprint density at radius 1 is 0.897 bits per heavy atom. The number of fused-ring (bicyclic) bond motifs is 1. The number of nitrogens with one attached hydrogen (secondary N) is 2. The van der Waals surface area contributed by atoms with Crippen LogP contribution in [0, 0.1) is 0 Å². The molecule has 0 bridgehead atoms. The number of amides is 1. The van der Waals surface area contributed by atoms with Crippen LogP contribution in [0.2, 0.25) is 25.7 Å². The highest BCUT2D eigenvalue weighted by Gasteiger charge is 2.15. The molecule has 0 atom stereocenters. The van der Waals surface area contributed by atoms with Gasteiger partial charge in [0.15, 0.2) is 0 Å². The molecule has 0 saturated carbocycles. The van der Waals surface area contributed by atoms with Gasteiger partial charge in [0, 0.05) is 60.6 Å². The van der Waals surface area contributed by atoms with Crippen molar-refractivity contribution < 1.29 is 9.53 Å². The molecule has 0 fully saturated rings. The molecule has 1 amide bonds. The summed E-state index contributed by atoms with van der Waals surface area (Å²) in [6, 6.07) is 28.1. The largest absolute Gasteiger partial charge is 0.360 e. The summed E-state index contributed by atoms with van der Waals surface area (Å²) in [5.74, 6) is -0.144. The fourth-order valence-corrected chi connectivity index (χ4v) is 4.95.